The average molecular weight is 226 g/mol. The van der Waals surface area contributed by atoms with Gasteiger partial charge in [0, 0.05) is 11.3 Å². The standard InChI is InChI=1S/C12H22N2S/c1-8(9(2)7-13-5)6-12-14-10(3)11(4)15-12/h8-9,13H,6-7H2,1-5H3. The molecule has 0 bridgehead atoms. The van der Waals surface area contributed by atoms with E-state index in [4.69, 9.17) is 0 Å². The Labute approximate surface area is 97.1 Å². The summed E-state index contributed by atoms with van der Waals surface area (Å²) in [6.45, 7) is 9.95. The van der Waals surface area contributed by atoms with Crippen molar-refractivity contribution in [3.63, 3.8) is 0 Å². The largest absolute Gasteiger partial charge is 0.319 e. The van der Waals surface area contributed by atoms with Gasteiger partial charge in [0.25, 0.3) is 0 Å². The zero-order chi connectivity index (χ0) is 11.4. The van der Waals surface area contributed by atoms with Gasteiger partial charge in [-0.25, -0.2) is 4.98 Å². The van der Waals surface area contributed by atoms with E-state index in [9.17, 15) is 0 Å². The second-order valence-corrected chi connectivity index (χ2v) is 5.75. The van der Waals surface area contributed by atoms with Crippen molar-refractivity contribution in [2.24, 2.45) is 11.8 Å². The van der Waals surface area contributed by atoms with Crippen LogP contribution < -0.4 is 5.32 Å². The van der Waals surface area contributed by atoms with E-state index in [0.717, 1.165) is 13.0 Å². The van der Waals surface area contributed by atoms with Crippen LogP contribution in [0.5, 0.6) is 0 Å². The monoisotopic (exact) mass is 226 g/mol. The lowest BCUT2D eigenvalue weighted by Crippen LogP contribution is -2.23. The van der Waals surface area contributed by atoms with Crippen molar-refractivity contribution in [1.29, 1.82) is 0 Å². The van der Waals surface area contributed by atoms with E-state index in [-0.39, 0.29) is 0 Å². The van der Waals surface area contributed by atoms with E-state index in [1.807, 2.05) is 18.4 Å². The van der Waals surface area contributed by atoms with E-state index in [1.165, 1.54) is 15.6 Å². The molecule has 0 aliphatic carbocycles. The topological polar surface area (TPSA) is 24.9 Å². The van der Waals surface area contributed by atoms with Crippen LogP contribution in [-0.2, 0) is 6.42 Å². The summed E-state index contributed by atoms with van der Waals surface area (Å²) in [7, 11) is 2.01. The van der Waals surface area contributed by atoms with Crippen molar-refractivity contribution in [2.45, 2.75) is 34.1 Å². The highest BCUT2D eigenvalue weighted by Crippen LogP contribution is 2.22. The molecule has 2 atom stereocenters. The van der Waals surface area contributed by atoms with Crippen LogP contribution in [0.2, 0.25) is 0 Å². The van der Waals surface area contributed by atoms with Crippen molar-refractivity contribution >= 4 is 11.3 Å². The van der Waals surface area contributed by atoms with Crippen LogP contribution in [0.3, 0.4) is 0 Å². The molecule has 0 aliphatic heterocycles. The maximum absolute atomic E-state index is 4.59. The van der Waals surface area contributed by atoms with Gasteiger partial charge < -0.3 is 5.32 Å². The Morgan fingerprint density at radius 2 is 1.93 bits per heavy atom. The Kier molecular flexibility index (Phi) is 4.74. The van der Waals surface area contributed by atoms with E-state index >= 15 is 0 Å². The summed E-state index contributed by atoms with van der Waals surface area (Å²) in [6.07, 6.45) is 1.11. The summed E-state index contributed by atoms with van der Waals surface area (Å²) in [4.78, 5) is 5.95. The molecule has 0 aliphatic rings. The molecule has 1 heterocycles. The fraction of sp³-hybridized carbons (Fsp3) is 0.750. The molecule has 2 nitrogen and oxygen atoms in total. The number of hydrogen-bond donors (Lipinski definition) is 1. The normalized spacial score (nSPS) is 15.3. The lowest BCUT2D eigenvalue weighted by atomic mass is 9.93. The quantitative estimate of drug-likeness (QED) is 0.835. The highest BCUT2D eigenvalue weighted by Gasteiger charge is 2.14. The van der Waals surface area contributed by atoms with Gasteiger partial charge in [0.1, 0.15) is 0 Å². The van der Waals surface area contributed by atoms with Crippen molar-refractivity contribution in [3.8, 4) is 0 Å². The number of thiazole rings is 1. The van der Waals surface area contributed by atoms with Crippen molar-refractivity contribution in [2.75, 3.05) is 13.6 Å². The smallest absolute Gasteiger partial charge is 0.0933 e. The zero-order valence-electron chi connectivity index (χ0n) is 10.4. The first kappa shape index (κ1) is 12.7. The number of nitrogens with zero attached hydrogens (tertiary/aromatic N) is 1. The van der Waals surface area contributed by atoms with Crippen LogP contribution in [0.4, 0.5) is 0 Å². The minimum atomic E-state index is 0.697. The summed E-state index contributed by atoms with van der Waals surface area (Å²) < 4.78 is 0. The highest BCUT2D eigenvalue weighted by molar-refractivity contribution is 7.11. The van der Waals surface area contributed by atoms with Crippen LogP contribution in [0.25, 0.3) is 0 Å². The van der Waals surface area contributed by atoms with Crippen molar-refractivity contribution in [3.05, 3.63) is 15.6 Å². The molecule has 0 saturated carbocycles. The first-order valence-electron chi connectivity index (χ1n) is 5.62. The highest BCUT2D eigenvalue weighted by atomic mass is 32.1. The third-order valence-corrected chi connectivity index (χ3v) is 4.16. The van der Waals surface area contributed by atoms with Gasteiger partial charge in [0.05, 0.1) is 10.7 Å². The second-order valence-electron chi connectivity index (χ2n) is 4.47. The molecule has 1 aromatic heterocycles. The molecule has 86 valence electrons. The van der Waals surface area contributed by atoms with Gasteiger partial charge in [-0.15, -0.1) is 11.3 Å². The molecule has 2 unspecified atom stereocenters. The number of hydrogen-bond acceptors (Lipinski definition) is 3. The van der Waals surface area contributed by atoms with E-state index < -0.39 is 0 Å². The Morgan fingerprint density at radius 3 is 2.40 bits per heavy atom. The van der Waals surface area contributed by atoms with Crippen molar-refractivity contribution in [1.82, 2.24) is 10.3 Å². The van der Waals surface area contributed by atoms with E-state index in [1.54, 1.807) is 0 Å². The maximum atomic E-state index is 4.59. The maximum Gasteiger partial charge on any atom is 0.0933 e. The molecule has 0 radical (unpaired) electrons. The molecule has 1 rings (SSSR count). The van der Waals surface area contributed by atoms with Crippen molar-refractivity contribution < 1.29 is 0 Å². The van der Waals surface area contributed by atoms with Gasteiger partial charge in [-0.1, -0.05) is 13.8 Å². The van der Waals surface area contributed by atoms with Crippen LogP contribution in [0, 0.1) is 25.7 Å². The number of rotatable bonds is 5. The summed E-state index contributed by atoms with van der Waals surface area (Å²) in [5.41, 5.74) is 1.20. The summed E-state index contributed by atoms with van der Waals surface area (Å²) in [6, 6.07) is 0. The van der Waals surface area contributed by atoms with E-state index in [2.05, 4.69) is 38.0 Å². The van der Waals surface area contributed by atoms with Crippen LogP contribution in [0.1, 0.15) is 29.4 Å². The third-order valence-electron chi connectivity index (χ3n) is 3.07. The summed E-state index contributed by atoms with van der Waals surface area (Å²) >= 11 is 1.85. The molecule has 0 saturated heterocycles. The third kappa shape index (κ3) is 3.58. The fourth-order valence-electron chi connectivity index (χ4n) is 1.63. The van der Waals surface area contributed by atoms with E-state index in [0.29, 0.717) is 11.8 Å². The second kappa shape index (κ2) is 5.61. The zero-order valence-corrected chi connectivity index (χ0v) is 11.2. The average Bonchev–Trinajstić information content (AvgIpc) is 2.46. The minimum absolute atomic E-state index is 0.697. The molecule has 1 aromatic rings. The van der Waals surface area contributed by atoms with Gasteiger partial charge in [-0.3, -0.25) is 0 Å². The Bertz CT molecular complexity index is 287. The molecule has 0 amide bonds. The van der Waals surface area contributed by atoms with Crippen LogP contribution in [0.15, 0.2) is 0 Å². The molecule has 15 heavy (non-hydrogen) atoms. The minimum Gasteiger partial charge on any atom is -0.319 e. The SMILES string of the molecule is CNCC(C)C(C)Cc1nc(C)c(C)s1. The van der Waals surface area contributed by atoms with Crippen LogP contribution >= 0.6 is 11.3 Å². The lowest BCUT2D eigenvalue weighted by molar-refractivity contribution is 0.374. The Morgan fingerprint density at radius 1 is 1.27 bits per heavy atom. The molecule has 0 fully saturated rings. The predicted molar refractivity (Wildman–Crippen MR) is 67.5 cm³/mol. The number of aromatic nitrogens is 1. The number of nitrogens with one attached hydrogen (secondary N) is 1. The Hall–Kier alpha value is -0.410. The van der Waals surface area contributed by atoms with Gasteiger partial charge in [0.2, 0.25) is 0 Å². The summed E-state index contributed by atoms with van der Waals surface area (Å²) in [5, 5.41) is 4.53. The number of aryl methyl sites for hydroxylation is 2. The molecule has 3 heteroatoms. The van der Waals surface area contributed by atoms with Gasteiger partial charge >= 0.3 is 0 Å². The molecular weight excluding hydrogens is 204 g/mol. The fourth-order valence-corrected chi connectivity index (χ4v) is 2.70. The summed E-state index contributed by atoms with van der Waals surface area (Å²) in [5.74, 6) is 1.40. The molecule has 0 spiro atoms. The Balaban J connectivity index is 2.54. The lowest BCUT2D eigenvalue weighted by Gasteiger charge is -2.18. The first-order valence-corrected chi connectivity index (χ1v) is 6.43. The van der Waals surface area contributed by atoms with Gasteiger partial charge in [-0.2, -0.15) is 0 Å². The van der Waals surface area contributed by atoms with Gasteiger partial charge in [0.15, 0.2) is 0 Å². The van der Waals surface area contributed by atoms with Crippen LogP contribution in [-0.4, -0.2) is 18.6 Å². The molecule has 0 aromatic carbocycles. The predicted octanol–water partition coefficient (Wildman–Crippen LogP) is 2.79. The molecular formula is C12H22N2S. The van der Waals surface area contributed by atoms with Gasteiger partial charge in [-0.05, 0) is 39.3 Å². The molecule has 1 N–H and O–H groups in total. The first-order chi connectivity index (χ1) is 7.04.